The molecule has 12 heavy (non-hydrogen) atoms. The minimum atomic E-state index is -0.428. The highest BCUT2D eigenvalue weighted by molar-refractivity contribution is 4.88. The zero-order chi connectivity index (χ0) is 9.19. The minimum Gasteiger partial charge on any atom is -0.389 e. The highest BCUT2D eigenvalue weighted by atomic mass is 16.3. The molecule has 2 nitrogen and oxygen atoms in total. The summed E-state index contributed by atoms with van der Waals surface area (Å²) in [5.74, 6) is 0. The van der Waals surface area contributed by atoms with Gasteiger partial charge in [0.25, 0.3) is 0 Å². The SMILES string of the molecule is CCC(CC)N1CCC(C)(O)C1. The summed E-state index contributed by atoms with van der Waals surface area (Å²) in [6, 6.07) is 0.680. The van der Waals surface area contributed by atoms with Crippen molar-refractivity contribution in [2.75, 3.05) is 13.1 Å². The third-order valence-corrected chi connectivity index (χ3v) is 2.94. The van der Waals surface area contributed by atoms with Crippen molar-refractivity contribution in [2.24, 2.45) is 0 Å². The van der Waals surface area contributed by atoms with E-state index in [0.29, 0.717) is 6.04 Å². The second-order valence-electron chi connectivity index (χ2n) is 4.19. The van der Waals surface area contributed by atoms with Crippen molar-refractivity contribution in [1.29, 1.82) is 0 Å². The van der Waals surface area contributed by atoms with Crippen LogP contribution in [-0.4, -0.2) is 34.7 Å². The van der Waals surface area contributed by atoms with Crippen LogP contribution in [0.15, 0.2) is 0 Å². The lowest BCUT2D eigenvalue weighted by molar-refractivity contribution is 0.0613. The Balaban J connectivity index is 2.45. The summed E-state index contributed by atoms with van der Waals surface area (Å²) in [4.78, 5) is 2.42. The van der Waals surface area contributed by atoms with Crippen LogP contribution in [-0.2, 0) is 0 Å². The maximum Gasteiger partial charge on any atom is 0.0758 e. The maximum absolute atomic E-state index is 9.76. The van der Waals surface area contributed by atoms with Crippen LogP contribution in [0.2, 0.25) is 0 Å². The molecule has 0 aliphatic carbocycles. The van der Waals surface area contributed by atoms with Crippen molar-refractivity contribution in [2.45, 2.75) is 51.7 Å². The van der Waals surface area contributed by atoms with Gasteiger partial charge in [0.1, 0.15) is 0 Å². The van der Waals surface area contributed by atoms with Crippen LogP contribution in [0.4, 0.5) is 0 Å². The third-order valence-electron chi connectivity index (χ3n) is 2.94. The topological polar surface area (TPSA) is 23.5 Å². The molecule has 1 unspecified atom stereocenters. The van der Waals surface area contributed by atoms with Gasteiger partial charge in [0.2, 0.25) is 0 Å². The number of nitrogens with zero attached hydrogens (tertiary/aromatic N) is 1. The standard InChI is InChI=1S/C10H21NO/c1-4-9(5-2)11-7-6-10(3,12)8-11/h9,12H,4-8H2,1-3H3. The van der Waals surface area contributed by atoms with Gasteiger partial charge >= 0.3 is 0 Å². The van der Waals surface area contributed by atoms with Crippen molar-refractivity contribution < 1.29 is 5.11 Å². The van der Waals surface area contributed by atoms with E-state index in [4.69, 9.17) is 0 Å². The fourth-order valence-electron chi connectivity index (χ4n) is 2.10. The van der Waals surface area contributed by atoms with Gasteiger partial charge in [-0.3, -0.25) is 4.90 Å². The quantitative estimate of drug-likeness (QED) is 0.697. The summed E-state index contributed by atoms with van der Waals surface area (Å²) in [5, 5.41) is 9.76. The number of β-amino-alcohol motifs (C(OH)–C–C–N with tert-alkyl or cyclic N) is 1. The van der Waals surface area contributed by atoms with Crippen LogP contribution in [0.25, 0.3) is 0 Å². The molecule has 1 aliphatic heterocycles. The molecule has 1 saturated heterocycles. The number of hydrogen-bond donors (Lipinski definition) is 1. The molecule has 0 spiro atoms. The fourth-order valence-corrected chi connectivity index (χ4v) is 2.10. The van der Waals surface area contributed by atoms with Crippen LogP contribution in [0.5, 0.6) is 0 Å². The Morgan fingerprint density at radius 1 is 1.42 bits per heavy atom. The first-order valence-electron chi connectivity index (χ1n) is 5.05. The van der Waals surface area contributed by atoms with Crippen LogP contribution in [0.3, 0.4) is 0 Å². The molecule has 0 aromatic rings. The summed E-state index contributed by atoms with van der Waals surface area (Å²) in [7, 11) is 0. The van der Waals surface area contributed by atoms with E-state index >= 15 is 0 Å². The van der Waals surface area contributed by atoms with E-state index in [-0.39, 0.29) is 0 Å². The lowest BCUT2D eigenvalue weighted by Gasteiger charge is -2.26. The fraction of sp³-hybridized carbons (Fsp3) is 1.00. The Labute approximate surface area is 75.6 Å². The van der Waals surface area contributed by atoms with Gasteiger partial charge in [-0.25, -0.2) is 0 Å². The summed E-state index contributed by atoms with van der Waals surface area (Å²) >= 11 is 0. The van der Waals surface area contributed by atoms with Gasteiger partial charge in [0.15, 0.2) is 0 Å². The van der Waals surface area contributed by atoms with Gasteiger partial charge in [-0.15, -0.1) is 0 Å². The van der Waals surface area contributed by atoms with E-state index in [2.05, 4.69) is 18.7 Å². The average Bonchev–Trinajstić information content (AvgIpc) is 2.34. The van der Waals surface area contributed by atoms with E-state index in [1.165, 1.54) is 12.8 Å². The summed E-state index contributed by atoms with van der Waals surface area (Å²) in [5.41, 5.74) is -0.428. The first kappa shape index (κ1) is 10.0. The van der Waals surface area contributed by atoms with Gasteiger partial charge in [0, 0.05) is 19.1 Å². The molecular weight excluding hydrogens is 150 g/mol. The Morgan fingerprint density at radius 3 is 2.33 bits per heavy atom. The van der Waals surface area contributed by atoms with Gasteiger partial charge in [-0.2, -0.15) is 0 Å². The normalized spacial score (nSPS) is 31.8. The Morgan fingerprint density at radius 2 is 2.00 bits per heavy atom. The van der Waals surface area contributed by atoms with E-state index in [1.54, 1.807) is 0 Å². The lowest BCUT2D eigenvalue weighted by atomic mass is 10.1. The lowest BCUT2D eigenvalue weighted by Crippen LogP contribution is -2.36. The van der Waals surface area contributed by atoms with Crippen molar-refractivity contribution >= 4 is 0 Å². The number of hydrogen-bond acceptors (Lipinski definition) is 2. The van der Waals surface area contributed by atoms with E-state index in [1.807, 2.05) is 6.92 Å². The summed E-state index contributed by atoms with van der Waals surface area (Å²) < 4.78 is 0. The summed E-state index contributed by atoms with van der Waals surface area (Å²) in [6.45, 7) is 8.32. The number of likely N-dealkylation sites (tertiary alicyclic amines) is 1. The summed E-state index contributed by atoms with van der Waals surface area (Å²) in [6.07, 6.45) is 3.34. The predicted octanol–water partition coefficient (Wildman–Crippen LogP) is 1.63. The third kappa shape index (κ3) is 2.20. The molecule has 0 aromatic heterocycles. The van der Waals surface area contributed by atoms with Gasteiger partial charge < -0.3 is 5.11 Å². The van der Waals surface area contributed by atoms with E-state index < -0.39 is 5.60 Å². The zero-order valence-electron chi connectivity index (χ0n) is 8.51. The zero-order valence-corrected chi connectivity index (χ0v) is 8.51. The van der Waals surface area contributed by atoms with Gasteiger partial charge in [0.05, 0.1) is 5.60 Å². The molecule has 1 fully saturated rings. The van der Waals surface area contributed by atoms with Crippen molar-refractivity contribution in [1.82, 2.24) is 4.90 Å². The molecule has 0 amide bonds. The highest BCUT2D eigenvalue weighted by Gasteiger charge is 2.33. The Kier molecular flexibility index (Phi) is 3.13. The van der Waals surface area contributed by atoms with Gasteiger partial charge in [-0.05, 0) is 26.2 Å². The molecule has 0 saturated carbocycles. The second kappa shape index (κ2) is 3.75. The average molecular weight is 171 g/mol. The second-order valence-corrected chi connectivity index (χ2v) is 4.19. The molecule has 1 rings (SSSR count). The minimum absolute atomic E-state index is 0.428. The van der Waals surface area contributed by atoms with E-state index in [9.17, 15) is 5.11 Å². The predicted molar refractivity (Wildman–Crippen MR) is 51.2 cm³/mol. The molecule has 1 aliphatic rings. The molecule has 1 heterocycles. The molecule has 2 heteroatoms. The first-order chi connectivity index (χ1) is 5.59. The Hall–Kier alpha value is -0.0800. The van der Waals surface area contributed by atoms with Gasteiger partial charge in [-0.1, -0.05) is 13.8 Å². The van der Waals surface area contributed by atoms with E-state index in [0.717, 1.165) is 19.5 Å². The van der Waals surface area contributed by atoms with Crippen molar-refractivity contribution in [3.05, 3.63) is 0 Å². The molecule has 1 atom stereocenters. The first-order valence-corrected chi connectivity index (χ1v) is 5.05. The monoisotopic (exact) mass is 171 g/mol. The number of rotatable bonds is 3. The highest BCUT2D eigenvalue weighted by Crippen LogP contribution is 2.24. The molecule has 0 radical (unpaired) electrons. The van der Waals surface area contributed by atoms with Crippen LogP contribution < -0.4 is 0 Å². The molecule has 0 bridgehead atoms. The Bertz CT molecular complexity index is 141. The maximum atomic E-state index is 9.76. The van der Waals surface area contributed by atoms with Crippen molar-refractivity contribution in [3.63, 3.8) is 0 Å². The molecule has 0 aromatic carbocycles. The largest absolute Gasteiger partial charge is 0.389 e. The van der Waals surface area contributed by atoms with Crippen LogP contribution in [0.1, 0.15) is 40.0 Å². The molecule has 72 valence electrons. The smallest absolute Gasteiger partial charge is 0.0758 e. The molecular formula is C10H21NO. The van der Waals surface area contributed by atoms with Crippen LogP contribution >= 0.6 is 0 Å². The van der Waals surface area contributed by atoms with Crippen molar-refractivity contribution in [3.8, 4) is 0 Å². The molecule has 1 N–H and O–H groups in total. The van der Waals surface area contributed by atoms with Crippen LogP contribution in [0, 0.1) is 0 Å². The number of aliphatic hydroxyl groups is 1.